The number of ether oxygens (including phenoxy) is 1. The molecular formula is C22H30N4O5. The summed E-state index contributed by atoms with van der Waals surface area (Å²) in [7, 11) is 0. The number of rotatable bonds is 4. The van der Waals surface area contributed by atoms with E-state index in [2.05, 4.69) is 9.97 Å². The molecule has 0 bridgehead atoms. The summed E-state index contributed by atoms with van der Waals surface area (Å²) >= 11 is 0. The number of hydrogen-bond donors (Lipinski definition) is 4. The van der Waals surface area contributed by atoms with Crippen molar-refractivity contribution in [3.05, 3.63) is 35.5 Å². The maximum absolute atomic E-state index is 12.5. The number of carbonyl (C=O) groups excluding carboxylic acids is 1. The van der Waals surface area contributed by atoms with Gasteiger partial charge >= 0.3 is 6.09 Å². The number of nitrogens with zero attached hydrogens (tertiary/aromatic N) is 3. The van der Waals surface area contributed by atoms with Gasteiger partial charge in [-0.25, -0.2) is 14.8 Å². The maximum atomic E-state index is 12.5. The van der Waals surface area contributed by atoms with Crippen molar-refractivity contribution in [3.63, 3.8) is 0 Å². The fraction of sp³-hybridized carbons (Fsp3) is 0.500. The first-order chi connectivity index (χ1) is 14.6. The highest BCUT2D eigenvalue weighted by Gasteiger charge is 2.30. The van der Waals surface area contributed by atoms with Crippen LogP contribution in [0.4, 0.5) is 10.7 Å². The molecule has 1 aliphatic heterocycles. The molecule has 9 heteroatoms. The van der Waals surface area contributed by atoms with Crippen LogP contribution in [0.15, 0.2) is 24.3 Å². The van der Waals surface area contributed by atoms with Crippen molar-refractivity contribution >= 4 is 12.0 Å². The second-order valence-corrected chi connectivity index (χ2v) is 8.74. The molecule has 1 fully saturated rings. The molecule has 3 rings (SSSR count). The van der Waals surface area contributed by atoms with Gasteiger partial charge in [0.15, 0.2) is 0 Å². The number of aliphatic hydroxyl groups is 2. The number of hydrogen-bond acceptors (Lipinski definition) is 8. The van der Waals surface area contributed by atoms with Crippen LogP contribution in [-0.4, -0.2) is 61.6 Å². The zero-order chi connectivity index (χ0) is 22.8. The number of anilines is 1. The van der Waals surface area contributed by atoms with E-state index < -0.39 is 18.3 Å². The van der Waals surface area contributed by atoms with Gasteiger partial charge in [0.1, 0.15) is 17.5 Å². The van der Waals surface area contributed by atoms with Crippen LogP contribution in [0, 0.1) is 0 Å². The van der Waals surface area contributed by atoms with Gasteiger partial charge in [0.25, 0.3) is 0 Å². The summed E-state index contributed by atoms with van der Waals surface area (Å²) in [6.45, 7) is 6.01. The number of phenolic OH excluding ortho intramolecular Hbond substituents is 1. The van der Waals surface area contributed by atoms with E-state index in [1.54, 1.807) is 23.1 Å². The summed E-state index contributed by atoms with van der Waals surface area (Å²) in [4.78, 5) is 22.8. The van der Waals surface area contributed by atoms with Crippen LogP contribution in [0.25, 0.3) is 11.3 Å². The molecule has 0 aliphatic carbocycles. The largest absolute Gasteiger partial charge is 0.507 e. The Morgan fingerprint density at radius 3 is 2.77 bits per heavy atom. The van der Waals surface area contributed by atoms with Crippen LogP contribution in [0.3, 0.4) is 0 Å². The summed E-state index contributed by atoms with van der Waals surface area (Å²) in [5.41, 5.74) is 7.01. The van der Waals surface area contributed by atoms with E-state index in [9.17, 15) is 20.1 Å². The SMILES string of the molecule is CC(C)(C)OC(=O)N1CCCC(c2cc(-c3c(O)cccc3C(O)CO)nc(N)n2)C1. The highest BCUT2D eigenvalue weighted by atomic mass is 16.6. The van der Waals surface area contributed by atoms with E-state index in [4.69, 9.17) is 10.5 Å². The van der Waals surface area contributed by atoms with E-state index in [1.165, 1.54) is 6.07 Å². The van der Waals surface area contributed by atoms with Gasteiger partial charge in [0.2, 0.25) is 5.95 Å². The monoisotopic (exact) mass is 430 g/mol. The van der Waals surface area contributed by atoms with Gasteiger partial charge < -0.3 is 30.7 Å². The third-order valence-corrected chi connectivity index (χ3v) is 5.12. The Morgan fingerprint density at radius 2 is 2.10 bits per heavy atom. The Balaban J connectivity index is 1.93. The Hall–Kier alpha value is -2.91. The van der Waals surface area contributed by atoms with E-state index in [-0.39, 0.29) is 23.7 Å². The highest BCUT2D eigenvalue weighted by Crippen LogP contribution is 2.37. The zero-order valence-electron chi connectivity index (χ0n) is 18.1. The van der Waals surface area contributed by atoms with Gasteiger partial charge in [0, 0.05) is 24.6 Å². The molecule has 0 spiro atoms. The van der Waals surface area contributed by atoms with E-state index >= 15 is 0 Å². The molecule has 1 aromatic heterocycles. The minimum Gasteiger partial charge on any atom is -0.507 e. The van der Waals surface area contributed by atoms with Crippen molar-refractivity contribution < 1.29 is 24.9 Å². The lowest BCUT2D eigenvalue weighted by Gasteiger charge is -2.34. The molecule has 1 amide bonds. The van der Waals surface area contributed by atoms with Gasteiger partial charge in [-0.2, -0.15) is 0 Å². The third kappa shape index (κ3) is 5.42. The van der Waals surface area contributed by atoms with Gasteiger partial charge in [-0.05, 0) is 51.3 Å². The molecule has 1 aromatic carbocycles. The molecule has 2 unspecified atom stereocenters. The summed E-state index contributed by atoms with van der Waals surface area (Å²) < 4.78 is 5.49. The van der Waals surface area contributed by atoms with Gasteiger partial charge in [-0.3, -0.25) is 0 Å². The number of aromatic hydroxyl groups is 1. The Kier molecular flexibility index (Phi) is 6.66. The van der Waals surface area contributed by atoms with Crippen LogP contribution in [-0.2, 0) is 4.74 Å². The Labute approximate surface area is 181 Å². The van der Waals surface area contributed by atoms with Crippen molar-refractivity contribution in [2.24, 2.45) is 0 Å². The number of amides is 1. The Morgan fingerprint density at radius 1 is 1.35 bits per heavy atom. The first-order valence-electron chi connectivity index (χ1n) is 10.3. The van der Waals surface area contributed by atoms with E-state index in [0.29, 0.717) is 35.6 Å². The predicted octanol–water partition coefficient (Wildman–Crippen LogP) is 2.57. The number of carbonyl (C=O) groups is 1. The second-order valence-electron chi connectivity index (χ2n) is 8.74. The molecule has 0 radical (unpaired) electrons. The predicted molar refractivity (Wildman–Crippen MR) is 115 cm³/mol. The molecular weight excluding hydrogens is 400 g/mol. The standard InChI is InChI=1S/C22H30N4O5/c1-22(2,3)31-21(30)26-9-5-6-13(11-26)15-10-16(25-20(23)24-15)19-14(18(29)12-27)7-4-8-17(19)28/h4,7-8,10,13,18,27-29H,5-6,9,11-12H2,1-3H3,(H2,23,24,25). The highest BCUT2D eigenvalue weighted by molar-refractivity contribution is 5.72. The van der Waals surface area contributed by atoms with Crippen LogP contribution >= 0.6 is 0 Å². The minimum atomic E-state index is -1.18. The smallest absolute Gasteiger partial charge is 0.410 e. The number of aliphatic hydroxyl groups excluding tert-OH is 2. The van der Waals surface area contributed by atoms with Crippen molar-refractivity contribution in [3.8, 4) is 17.0 Å². The van der Waals surface area contributed by atoms with Crippen LogP contribution in [0.2, 0.25) is 0 Å². The minimum absolute atomic E-state index is 0.0228. The molecule has 2 atom stereocenters. The quantitative estimate of drug-likeness (QED) is 0.580. The van der Waals surface area contributed by atoms with Gasteiger partial charge in [-0.1, -0.05) is 12.1 Å². The molecule has 9 nitrogen and oxygen atoms in total. The molecule has 31 heavy (non-hydrogen) atoms. The van der Waals surface area contributed by atoms with Crippen molar-refractivity contribution in [1.82, 2.24) is 14.9 Å². The molecule has 2 heterocycles. The van der Waals surface area contributed by atoms with Crippen LogP contribution < -0.4 is 5.73 Å². The normalized spacial score (nSPS) is 18.0. The zero-order valence-corrected chi connectivity index (χ0v) is 18.1. The summed E-state index contributed by atoms with van der Waals surface area (Å²) in [5.74, 6) is -0.148. The van der Waals surface area contributed by atoms with Crippen molar-refractivity contribution in [2.75, 3.05) is 25.4 Å². The fourth-order valence-corrected chi connectivity index (χ4v) is 3.75. The number of nitrogen functional groups attached to an aromatic ring is 1. The molecule has 1 saturated heterocycles. The van der Waals surface area contributed by atoms with E-state index in [1.807, 2.05) is 20.8 Å². The molecule has 168 valence electrons. The Bertz CT molecular complexity index is 944. The number of phenols is 1. The maximum Gasteiger partial charge on any atom is 0.410 e. The van der Waals surface area contributed by atoms with E-state index in [0.717, 1.165) is 12.8 Å². The average Bonchev–Trinajstić information content (AvgIpc) is 2.71. The van der Waals surface area contributed by atoms with Crippen LogP contribution in [0.5, 0.6) is 5.75 Å². The lowest BCUT2D eigenvalue weighted by atomic mass is 9.92. The molecule has 1 aliphatic rings. The van der Waals surface area contributed by atoms with Crippen LogP contribution in [0.1, 0.15) is 56.9 Å². The molecule has 5 N–H and O–H groups in total. The number of aromatic nitrogens is 2. The lowest BCUT2D eigenvalue weighted by Crippen LogP contribution is -2.42. The summed E-state index contributed by atoms with van der Waals surface area (Å²) in [6.07, 6.45) is 0.0450. The van der Waals surface area contributed by atoms with Crippen molar-refractivity contribution in [2.45, 2.75) is 51.2 Å². The summed E-state index contributed by atoms with van der Waals surface area (Å²) in [6, 6.07) is 6.38. The molecule has 0 saturated carbocycles. The number of likely N-dealkylation sites (tertiary alicyclic amines) is 1. The van der Waals surface area contributed by atoms with Crippen molar-refractivity contribution in [1.29, 1.82) is 0 Å². The number of nitrogens with two attached hydrogens (primary N) is 1. The topological polar surface area (TPSA) is 142 Å². The number of benzene rings is 1. The van der Waals surface area contributed by atoms with Gasteiger partial charge in [0.05, 0.1) is 18.0 Å². The molecule has 2 aromatic rings. The van der Waals surface area contributed by atoms with Gasteiger partial charge in [-0.15, -0.1) is 0 Å². The second kappa shape index (κ2) is 9.07. The third-order valence-electron chi connectivity index (χ3n) is 5.12. The average molecular weight is 431 g/mol. The first kappa shape index (κ1) is 22.8. The number of piperidine rings is 1. The first-order valence-corrected chi connectivity index (χ1v) is 10.3. The summed E-state index contributed by atoms with van der Waals surface area (Å²) in [5, 5.41) is 30.0. The fourth-order valence-electron chi connectivity index (χ4n) is 3.75. The lowest BCUT2D eigenvalue weighted by molar-refractivity contribution is 0.0197.